The summed E-state index contributed by atoms with van der Waals surface area (Å²) in [5, 5.41) is 9.00. The van der Waals surface area contributed by atoms with Crippen molar-refractivity contribution in [3.8, 4) is 5.75 Å². The van der Waals surface area contributed by atoms with E-state index in [2.05, 4.69) is 4.98 Å². The number of aromatic nitrogens is 1. The Hall–Kier alpha value is -2.43. The third-order valence-corrected chi connectivity index (χ3v) is 2.28. The largest absolute Gasteiger partial charge is 0.486 e. The lowest BCUT2D eigenvalue weighted by Gasteiger charge is -2.08. The number of rotatable bonds is 4. The zero-order valence-corrected chi connectivity index (χ0v) is 9.01. The number of hydrogen-bond donors (Lipinski definition) is 3. The molecule has 0 aliphatic rings. The van der Waals surface area contributed by atoms with E-state index in [1.54, 1.807) is 18.3 Å². The first kappa shape index (κ1) is 11.1. The topological polar surface area (TPSA) is 88.3 Å². The van der Waals surface area contributed by atoms with Gasteiger partial charge in [-0.15, -0.1) is 0 Å². The number of nitrogens with one attached hydrogen (secondary N) is 1. The number of ether oxygens (including phenoxy) is 1. The van der Waals surface area contributed by atoms with E-state index in [1.807, 2.05) is 12.1 Å². The van der Waals surface area contributed by atoms with Crippen molar-refractivity contribution in [3.05, 3.63) is 47.8 Å². The van der Waals surface area contributed by atoms with Gasteiger partial charge in [0.25, 0.3) is 0 Å². The fraction of sp³-hybridized carbons (Fsp3) is 0.0833. The van der Waals surface area contributed by atoms with E-state index in [4.69, 9.17) is 15.6 Å². The number of H-pyrrole nitrogens is 1. The standard InChI is InChI=1S/C12H12N2O3/c13-8-3-4-11(10(6-8)12(15)16)17-7-9-2-1-5-14-9/h1-6,14H,7,13H2,(H,15,16). The first-order valence-electron chi connectivity index (χ1n) is 5.04. The van der Waals surface area contributed by atoms with Crippen LogP contribution in [-0.2, 0) is 6.61 Å². The van der Waals surface area contributed by atoms with Crippen LogP contribution in [0, 0.1) is 0 Å². The molecule has 1 heterocycles. The average Bonchev–Trinajstić information content (AvgIpc) is 2.80. The summed E-state index contributed by atoms with van der Waals surface area (Å²) in [6.07, 6.45) is 1.78. The van der Waals surface area contributed by atoms with Crippen LogP contribution in [0.25, 0.3) is 0 Å². The van der Waals surface area contributed by atoms with Crippen molar-refractivity contribution in [1.29, 1.82) is 0 Å². The van der Waals surface area contributed by atoms with Crippen LogP contribution >= 0.6 is 0 Å². The molecule has 2 aromatic rings. The molecule has 1 aromatic heterocycles. The Bertz CT molecular complexity index is 521. The van der Waals surface area contributed by atoms with Crippen LogP contribution in [0.5, 0.6) is 5.75 Å². The Morgan fingerprint density at radius 3 is 2.88 bits per heavy atom. The van der Waals surface area contributed by atoms with Gasteiger partial charge >= 0.3 is 5.97 Å². The van der Waals surface area contributed by atoms with Gasteiger partial charge in [-0.1, -0.05) is 0 Å². The van der Waals surface area contributed by atoms with E-state index in [1.165, 1.54) is 6.07 Å². The number of carbonyl (C=O) groups is 1. The van der Waals surface area contributed by atoms with E-state index in [-0.39, 0.29) is 12.2 Å². The minimum absolute atomic E-state index is 0.0663. The smallest absolute Gasteiger partial charge is 0.339 e. The first-order chi connectivity index (χ1) is 8.16. The monoisotopic (exact) mass is 232 g/mol. The number of hydrogen-bond acceptors (Lipinski definition) is 3. The predicted molar refractivity (Wildman–Crippen MR) is 62.9 cm³/mol. The van der Waals surface area contributed by atoms with E-state index in [0.717, 1.165) is 5.69 Å². The molecule has 0 radical (unpaired) electrons. The third kappa shape index (κ3) is 2.57. The molecular formula is C12H12N2O3. The fourth-order valence-electron chi connectivity index (χ4n) is 1.45. The molecule has 17 heavy (non-hydrogen) atoms. The van der Waals surface area contributed by atoms with Crippen molar-refractivity contribution in [2.75, 3.05) is 5.73 Å². The van der Waals surface area contributed by atoms with Crippen LogP contribution in [0.15, 0.2) is 36.5 Å². The number of carboxylic acid groups (broad SMARTS) is 1. The maximum absolute atomic E-state index is 11.0. The van der Waals surface area contributed by atoms with Gasteiger partial charge < -0.3 is 20.6 Å². The number of nitrogens with two attached hydrogens (primary N) is 1. The van der Waals surface area contributed by atoms with E-state index in [9.17, 15) is 4.79 Å². The molecule has 0 spiro atoms. The second-order valence-electron chi connectivity index (χ2n) is 3.54. The SMILES string of the molecule is Nc1ccc(OCc2ccc[nH]2)c(C(=O)O)c1. The predicted octanol–water partition coefficient (Wildman–Crippen LogP) is 1.87. The van der Waals surface area contributed by atoms with Gasteiger partial charge in [-0.2, -0.15) is 0 Å². The summed E-state index contributed by atoms with van der Waals surface area (Å²) >= 11 is 0. The summed E-state index contributed by atoms with van der Waals surface area (Å²) < 4.78 is 5.43. The summed E-state index contributed by atoms with van der Waals surface area (Å²) in [7, 11) is 0. The highest BCUT2D eigenvalue weighted by Gasteiger charge is 2.11. The van der Waals surface area contributed by atoms with Gasteiger partial charge in [0.05, 0.1) is 5.69 Å². The second kappa shape index (κ2) is 4.61. The molecule has 2 rings (SSSR count). The van der Waals surface area contributed by atoms with Crippen LogP contribution in [0.4, 0.5) is 5.69 Å². The molecule has 0 aliphatic heterocycles. The fourth-order valence-corrected chi connectivity index (χ4v) is 1.45. The molecule has 0 unspecified atom stereocenters. The Morgan fingerprint density at radius 2 is 2.24 bits per heavy atom. The number of anilines is 1. The summed E-state index contributed by atoms with van der Waals surface area (Å²) in [6, 6.07) is 8.25. The van der Waals surface area contributed by atoms with Gasteiger partial charge in [0.1, 0.15) is 17.9 Å². The lowest BCUT2D eigenvalue weighted by atomic mass is 10.2. The number of aromatic carboxylic acids is 1. The van der Waals surface area contributed by atoms with Gasteiger partial charge in [0.15, 0.2) is 0 Å². The Balaban J connectivity index is 2.17. The van der Waals surface area contributed by atoms with Gasteiger partial charge in [0.2, 0.25) is 0 Å². The highest BCUT2D eigenvalue weighted by Crippen LogP contribution is 2.22. The van der Waals surface area contributed by atoms with Crippen molar-refractivity contribution in [2.45, 2.75) is 6.61 Å². The summed E-state index contributed by atoms with van der Waals surface area (Å²) in [4.78, 5) is 14.0. The highest BCUT2D eigenvalue weighted by molar-refractivity contribution is 5.92. The van der Waals surface area contributed by atoms with E-state index < -0.39 is 5.97 Å². The highest BCUT2D eigenvalue weighted by atomic mass is 16.5. The number of carboxylic acids is 1. The first-order valence-corrected chi connectivity index (χ1v) is 5.04. The molecule has 0 aliphatic carbocycles. The second-order valence-corrected chi connectivity index (χ2v) is 3.54. The van der Waals surface area contributed by atoms with Crippen molar-refractivity contribution in [3.63, 3.8) is 0 Å². The molecule has 0 amide bonds. The van der Waals surface area contributed by atoms with Crippen LogP contribution in [0.1, 0.15) is 16.1 Å². The molecule has 5 nitrogen and oxygen atoms in total. The van der Waals surface area contributed by atoms with Gasteiger partial charge in [-0.05, 0) is 30.3 Å². The molecule has 0 bridgehead atoms. The molecule has 88 valence electrons. The Morgan fingerprint density at radius 1 is 1.41 bits per heavy atom. The lowest BCUT2D eigenvalue weighted by Crippen LogP contribution is -2.04. The molecule has 4 N–H and O–H groups in total. The molecule has 0 atom stereocenters. The molecule has 0 fully saturated rings. The Labute approximate surface area is 97.8 Å². The quantitative estimate of drug-likeness (QED) is 0.702. The lowest BCUT2D eigenvalue weighted by molar-refractivity contribution is 0.0691. The molecule has 5 heteroatoms. The van der Waals surface area contributed by atoms with Gasteiger partial charge in [0, 0.05) is 11.9 Å². The molecule has 0 saturated heterocycles. The van der Waals surface area contributed by atoms with Crippen LogP contribution < -0.4 is 10.5 Å². The van der Waals surface area contributed by atoms with Crippen molar-refractivity contribution >= 4 is 11.7 Å². The Kier molecular flexibility index (Phi) is 3.00. The van der Waals surface area contributed by atoms with Crippen molar-refractivity contribution < 1.29 is 14.6 Å². The minimum atomic E-state index is -1.06. The minimum Gasteiger partial charge on any atom is -0.486 e. The number of nitrogen functional groups attached to an aromatic ring is 1. The summed E-state index contributed by atoms with van der Waals surface area (Å²) in [5.41, 5.74) is 6.87. The molecular weight excluding hydrogens is 220 g/mol. The van der Waals surface area contributed by atoms with Crippen LogP contribution in [-0.4, -0.2) is 16.1 Å². The average molecular weight is 232 g/mol. The zero-order valence-electron chi connectivity index (χ0n) is 9.01. The number of benzene rings is 1. The normalized spacial score (nSPS) is 10.1. The summed E-state index contributed by atoms with van der Waals surface area (Å²) in [5.74, 6) is -0.750. The van der Waals surface area contributed by atoms with Crippen LogP contribution in [0.2, 0.25) is 0 Å². The third-order valence-electron chi connectivity index (χ3n) is 2.28. The zero-order chi connectivity index (χ0) is 12.3. The van der Waals surface area contributed by atoms with E-state index >= 15 is 0 Å². The number of aromatic amines is 1. The van der Waals surface area contributed by atoms with Gasteiger partial charge in [-0.25, -0.2) is 4.79 Å². The van der Waals surface area contributed by atoms with Crippen molar-refractivity contribution in [2.24, 2.45) is 0 Å². The van der Waals surface area contributed by atoms with Crippen molar-refractivity contribution in [1.82, 2.24) is 4.98 Å². The van der Waals surface area contributed by atoms with Crippen LogP contribution in [0.3, 0.4) is 0 Å². The molecule has 0 saturated carbocycles. The molecule has 1 aromatic carbocycles. The maximum Gasteiger partial charge on any atom is 0.339 e. The van der Waals surface area contributed by atoms with E-state index in [0.29, 0.717) is 11.4 Å². The summed E-state index contributed by atoms with van der Waals surface area (Å²) in [6.45, 7) is 0.289. The maximum atomic E-state index is 11.0. The van der Waals surface area contributed by atoms with Gasteiger partial charge in [-0.3, -0.25) is 0 Å².